The molecule has 1 saturated heterocycles. The molecule has 30 heavy (non-hydrogen) atoms. The maximum absolute atomic E-state index is 12.9. The van der Waals surface area contributed by atoms with Crippen molar-refractivity contribution in [1.29, 1.82) is 0 Å². The molecule has 8 heteroatoms. The molecular weight excluding hydrogens is 410 g/mol. The monoisotopic (exact) mass is 434 g/mol. The van der Waals surface area contributed by atoms with E-state index < -0.39 is 6.43 Å². The number of ketones is 1. The summed E-state index contributed by atoms with van der Waals surface area (Å²) in [6.07, 6.45) is 3.17. The molecule has 0 aromatic carbocycles. The number of Topliss-reactive ketones (excluding diaryl/α,β-unsaturated/α-hetero) is 1. The molecule has 1 fully saturated rings. The van der Waals surface area contributed by atoms with Crippen LogP contribution in [0.3, 0.4) is 0 Å². The normalized spacial score (nSPS) is 15.4. The Hall–Kier alpha value is -2.32. The van der Waals surface area contributed by atoms with E-state index in [2.05, 4.69) is 0 Å². The van der Waals surface area contributed by atoms with Crippen molar-refractivity contribution in [1.82, 2.24) is 9.38 Å². The Kier molecular flexibility index (Phi) is 6.15. The largest absolute Gasteiger partial charge is 0.491 e. The molecule has 3 aromatic heterocycles. The summed E-state index contributed by atoms with van der Waals surface area (Å²) < 4.78 is 39.0. The van der Waals surface area contributed by atoms with Gasteiger partial charge in [-0.05, 0) is 32.8 Å². The van der Waals surface area contributed by atoms with E-state index in [1.807, 2.05) is 36.7 Å². The molecule has 1 aliphatic rings. The summed E-state index contributed by atoms with van der Waals surface area (Å²) in [4.78, 5) is 17.8. The number of hydrogen-bond acceptors (Lipinski definition) is 5. The van der Waals surface area contributed by atoms with Crippen LogP contribution in [0.15, 0.2) is 29.9 Å². The van der Waals surface area contributed by atoms with Crippen LogP contribution in [-0.4, -0.2) is 34.5 Å². The lowest BCUT2D eigenvalue weighted by Crippen LogP contribution is -2.14. The number of halogens is 2. The van der Waals surface area contributed by atoms with Gasteiger partial charge in [0, 0.05) is 60.5 Å². The molecule has 0 atom stereocenters. The molecule has 0 bridgehead atoms. The Morgan fingerprint density at radius 2 is 2.07 bits per heavy atom. The molecule has 4 heterocycles. The maximum atomic E-state index is 12.9. The maximum Gasteiger partial charge on any atom is 0.264 e. The number of imidazole rings is 1. The van der Waals surface area contributed by atoms with Crippen molar-refractivity contribution in [2.24, 2.45) is 0 Å². The van der Waals surface area contributed by atoms with Gasteiger partial charge in [0.2, 0.25) is 0 Å². The summed E-state index contributed by atoms with van der Waals surface area (Å²) in [7, 11) is 0. The van der Waals surface area contributed by atoms with Crippen LogP contribution in [0.5, 0.6) is 5.75 Å². The highest BCUT2D eigenvalue weighted by molar-refractivity contribution is 7.12. The molecule has 0 spiro atoms. The lowest BCUT2D eigenvalue weighted by molar-refractivity contribution is 0.0846. The number of thiophene rings is 1. The second-order valence-electron chi connectivity index (χ2n) is 7.79. The molecule has 0 N–H and O–H groups in total. The van der Waals surface area contributed by atoms with Gasteiger partial charge in [0.15, 0.2) is 5.78 Å². The predicted molar refractivity (Wildman–Crippen MR) is 111 cm³/mol. The third-order valence-electron chi connectivity index (χ3n) is 5.15. The molecule has 0 amide bonds. The average molecular weight is 435 g/mol. The van der Waals surface area contributed by atoms with E-state index in [1.165, 1.54) is 11.4 Å². The Bertz CT molecular complexity index is 1040. The van der Waals surface area contributed by atoms with Crippen LogP contribution in [-0.2, 0) is 11.2 Å². The first-order valence-corrected chi connectivity index (χ1v) is 10.9. The number of rotatable bonds is 7. The van der Waals surface area contributed by atoms with Crippen LogP contribution in [0.1, 0.15) is 65.5 Å². The summed E-state index contributed by atoms with van der Waals surface area (Å²) in [5, 5.41) is 1.34. The van der Waals surface area contributed by atoms with Crippen LogP contribution in [0.4, 0.5) is 8.78 Å². The van der Waals surface area contributed by atoms with Gasteiger partial charge in [-0.2, -0.15) is 0 Å². The van der Waals surface area contributed by atoms with Crippen molar-refractivity contribution < 1.29 is 23.0 Å². The van der Waals surface area contributed by atoms with Crippen LogP contribution in [0.2, 0.25) is 0 Å². The summed E-state index contributed by atoms with van der Waals surface area (Å²) in [6, 6.07) is 3.13. The van der Waals surface area contributed by atoms with Gasteiger partial charge in [-0.3, -0.25) is 4.79 Å². The Balaban J connectivity index is 1.64. The number of pyridine rings is 1. The van der Waals surface area contributed by atoms with Crippen LogP contribution >= 0.6 is 11.3 Å². The van der Waals surface area contributed by atoms with Gasteiger partial charge >= 0.3 is 0 Å². The first-order chi connectivity index (χ1) is 14.4. The number of hydrogen-bond donors (Lipinski definition) is 0. The van der Waals surface area contributed by atoms with E-state index in [4.69, 9.17) is 14.5 Å². The van der Waals surface area contributed by atoms with E-state index in [1.54, 1.807) is 0 Å². The molecular formula is C22H24F2N2O3S. The van der Waals surface area contributed by atoms with Crippen molar-refractivity contribution in [2.75, 3.05) is 13.2 Å². The van der Waals surface area contributed by atoms with Crippen molar-refractivity contribution in [3.63, 3.8) is 0 Å². The summed E-state index contributed by atoms with van der Waals surface area (Å²) in [5.41, 5.74) is 2.37. The lowest BCUT2D eigenvalue weighted by atomic mass is 9.97. The molecule has 0 aliphatic carbocycles. The minimum atomic E-state index is -2.58. The summed E-state index contributed by atoms with van der Waals surface area (Å²) >= 11 is 1.05. The van der Waals surface area contributed by atoms with E-state index in [0.717, 1.165) is 48.7 Å². The lowest BCUT2D eigenvalue weighted by Gasteiger charge is -2.19. The van der Waals surface area contributed by atoms with Gasteiger partial charge in [-0.25, -0.2) is 13.8 Å². The molecule has 0 saturated carbocycles. The predicted octanol–water partition coefficient (Wildman–Crippen LogP) is 5.44. The van der Waals surface area contributed by atoms with Crippen molar-refractivity contribution in [3.8, 4) is 5.75 Å². The molecule has 160 valence electrons. The van der Waals surface area contributed by atoms with Crippen molar-refractivity contribution in [3.05, 3.63) is 51.6 Å². The number of fused-ring (bicyclic) bond motifs is 1. The highest BCUT2D eigenvalue weighted by atomic mass is 32.1. The zero-order valence-corrected chi connectivity index (χ0v) is 17.8. The fourth-order valence-corrected chi connectivity index (χ4v) is 4.48. The Morgan fingerprint density at radius 1 is 1.30 bits per heavy atom. The standard InChI is InChI=1S/C22H24F2N2O3S/c1-13(2)29-19-9-21-25-17(14-3-5-28-6-4-14)11-26(21)10-15(19)7-18(27)20-8-16(12-30-20)22(23)24/h8-14,22H,3-7H2,1-2H3. The molecule has 0 radical (unpaired) electrons. The molecule has 1 aliphatic heterocycles. The van der Waals surface area contributed by atoms with Gasteiger partial charge in [-0.15, -0.1) is 11.3 Å². The third kappa shape index (κ3) is 4.54. The first kappa shape index (κ1) is 20.9. The number of alkyl halides is 2. The number of ether oxygens (including phenoxy) is 2. The average Bonchev–Trinajstić information content (AvgIpc) is 3.35. The van der Waals surface area contributed by atoms with Crippen LogP contribution in [0.25, 0.3) is 5.65 Å². The SMILES string of the molecule is CC(C)Oc1cc2nc(C3CCOCC3)cn2cc1CC(=O)c1cc(C(F)F)cs1. The number of nitrogens with zero attached hydrogens (tertiary/aromatic N) is 2. The fraction of sp³-hybridized carbons (Fsp3) is 0.455. The van der Waals surface area contributed by atoms with Gasteiger partial charge < -0.3 is 13.9 Å². The number of aromatic nitrogens is 2. The van der Waals surface area contributed by atoms with Crippen molar-refractivity contribution >= 4 is 22.8 Å². The molecule has 3 aromatic rings. The zero-order chi connectivity index (χ0) is 21.3. The molecule has 5 nitrogen and oxygen atoms in total. The number of carbonyl (C=O) groups excluding carboxylic acids is 1. The van der Waals surface area contributed by atoms with E-state index in [9.17, 15) is 13.6 Å². The first-order valence-electron chi connectivity index (χ1n) is 10.1. The highest BCUT2D eigenvalue weighted by Crippen LogP contribution is 2.30. The minimum Gasteiger partial charge on any atom is -0.491 e. The van der Waals surface area contributed by atoms with Crippen molar-refractivity contribution in [2.45, 2.75) is 51.6 Å². The minimum absolute atomic E-state index is 0.0709. The highest BCUT2D eigenvalue weighted by Gasteiger charge is 2.21. The van der Waals surface area contributed by atoms with Gasteiger partial charge in [-0.1, -0.05) is 0 Å². The summed E-state index contributed by atoms with van der Waals surface area (Å²) in [6.45, 7) is 5.31. The Morgan fingerprint density at radius 3 is 2.73 bits per heavy atom. The third-order valence-corrected chi connectivity index (χ3v) is 6.14. The van der Waals surface area contributed by atoms with Gasteiger partial charge in [0.1, 0.15) is 11.4 Å². The molecule has 4 rings (SSSR count). The Labute approximate surface area is 177 Å². The van der Waals surface area contributed by atoms with Gasteiger partial charge in [0.25, 0.3) is 6.43 Å². The zero-order valence-electron chi connectivity index (χ0n) is 16.9. The quantitative estimate of drug-likeness (QED) is 0.465. The molecule has 0 unspecified atom stereocenters. The van der Waals surface area contributed by atoms with E-state index >= 15 is 0 Å². The number of carbonyl (C=O) groups is 1. The second kappa shape index (κ2) is 8.81. The van der Waals surface area contributed by atoms with Crippen LogP contribution < -0.4 is 4.74 Å². The topological polar surface area (TPSA) is 52.8 Å². The van der Waals surface area contributed by atoms with E-state index in [0.29, 0.717) is 22.1 Å². The summed E-state index contributed by atoms with van der Waals surface area (Å²) in [5.74, 6) is 0.752. The smallest absolute Gasteiger partial charge is 0.264 e. The van der Waals surface area contributed by atoms with Gasteiger partial charge in [0.05, 0.1) is 16.7 Å². The fourth-order valence-electron chi connectivity index (χ4n) is 3.64. The van der Waals surface area contributed by atoms with Crippen LogP contribution in [0, 0.1) is 0 Å². The second-order valence-corrected chi connectivity index (χ2v) is 8.70. The van der Waals surface area contributed by atoms with E-state index in [-0.39, 0.29) is 23.9 Å².